The van der Waals surface area contributed by atoms with Gasteiger partial charge in [0.05, 0.1) is 11.3 Å². The fourth-order valence-electron chi connectivity index (χ4n) is 4.03. The first-order chi connectivity index (χ1) is 14.2. The average Bonchev–Trinajstić information content (AvgIpc) is 3.07. The molecule has 3 amide bonds. The van der Waals surface area contributed by atoms with Gasteiger partial charge in [-0.15, -0.1) is 0 Å². The van der Waals surface area contributed by atoms with Crippen LogP contribution in [0.25, 0.3) is 0 Å². The van der Waals surface area contributed by atoms with Gasteiger partial charge in [0.15, 0.2) is 6.61 Å². The largest absolute Gasteiger partial charge is 0.452 e. The van der Waals surface area contributed by atoms with Crippen molar-refractivity contribution in [2.45, 2.75) is 58.7 Å². The highest BCUT2D eigenvalue weighted by Gasteiger charge is 2.62. The summed E-state index contributed by atoms with van der Waals surface area (Å²) in [6.07, 6.45) is 0.994. The van der Waals surface area contributed by atoms with Gasteiger partial charge in [-0.25, -0.2) is 4.79 Å². The van der Waals surface area contributed by atoms with Gasteiger partial charge in [0.2, 0.25) is 11.6 Å². The van der Waals surface area contributed by atoms with E-state index in [0.717, 1.165) is 6.42 Å². The van der Waals surface area contributed by atoms with E-state index in [1.54, 1.807) is 24.3 Å². The summed E-state index contributed by atoms with van der Waals surface area (Å²) >= 11 is 0. The number of esters is 1. The minimum absolute atomic E-state index is 0.0421. The number of anilines is 1. The number of amides is 3. The highest BCUT2D eigenvalue weighted by Crippen LogP contribution is 2.45. The molecule has 0 aromatic heterocycles. The number of ether oxygens (including phenoxy) is 1. The van der Waals surface area contributed by atoms with E-state index in [1.165, 1.54) is 9.80 Å². The second-order valence-electron chi connectivity index (χ2n) is 8.33. The highest BCUT2D eigenvalue weighted by atomic mass is 16.5. The fraction of sp³-hybridized carbons (Fsp3) is 0.545. The van der Waals surface area contributed by atoms with E-state index in [-0.39, 0.29) is 43.2 Å². The van der Waals surface area contributed by atoms with Crippen molar-refractivity contribution in [2.75, 3.05) is 18.1 Å². The molecule has 162 valence electrons. The van der Waals surface area contributed by atoms with E-state index in [0.29, 0.717) is 11.3 Å². The molecular weight excluding hydrogens is 386 g/mol. The van der Waals surface area contributed by atoms with E-state index >= 15 is 0 Å². The number of nitrogens with zero attached hydrogens (tertiary/aromatic N) is 2. The molecule has 0 radical (unpaired) electrons. The van der Waals surface area contributed by atoms with Gasteiger partial charge in [0.1, 0.15) is 0 Å². The summed E-state index contributed by atoms with van der Waals surface area (Å²) in [7, 11) is 0. The Hall–Kier alpha value is -2.90. The number of carbonyl (C=O) groups excluding carboxylic acids is 4. The molecule has 2 aliphatic rings. The molecule has 2 aliphatic heterocycles. The van der Waals surface area contributed by atoms with Crippen LogP contribution in [0.15, 0.2) is 24.3 Å². The van der Waals surface area contributed by atoms with Crippen molar-refractivity contribution in [1.82, 2.24) is 10.2 Å². The third-order valence-electron chi connectivity index (χ3n) is 5.60. The zero-order valence-corrected chi connectivity index (χ0v) is 17.9. The maximum Gasteiger partial charge on any atom is 0.354 e. The van der Waals surface area contributed by atoms with Crippen LogP contribution in [0.4, 0.5) is 5.69 Å². The molecule has 0 bridgehead atoms. The number of carbonyl (C=O) groups is 4. The lowest BCUT2D eigenvalue weighted by Crippen LogP contribution is -2.69. The average molecular weight is 415 g/mol. The summed E-state index contributed by atoms with van der Waals surface area (Å²) < 4.78 is 5.38. The SMILES string of the molecule is CC[C@H](C)NC(=O)COC(=O)[C@]12CCC(=O)N1c1ccccc1C(=O)N2CC(C)C. The predicted molar refractivity (Wildman–Crippen MR) is 111 cm³/mol. The van der Waals surface area contributed by atoms with E-state index in [9.17, 15) is 19.2 Å². The summed E-state index contributed by atoms with van der Waals surface area (Å²) in [5.74, 6) is -1.66. The molecule has 8 nitrogen and oxygen atoms in total. The number of benzene rings is 1. The summed E-state index contributed by atoms with van der Waals surface area (Å²) in [6, 6.07) is 6.74. The number of rotatable bonds is 7. The van der Waals surface area contributed by atoms with Crippen LogP contribution in [0.2, 0.25) is 0 Å². The van der Waals surface area contributed by atoms with Gasteiger partial charge in [-0.2, -0.15) is 0 Å². The van der Waals surface area contributed by atoms with Gasteiger partial charge < -0.3 is 15.0 Å². The Bertz CT molecular complexity index is 868. The van der Waals surface area contributed by atoms with E-state index in [4.69, 9.17) is 4.74 Å². The maximum atomic E-state index is 13.4. The Morgan fingerprint density at radius 2 is 1.90 bits per heavy atom. The monoisotopic (exact) mass is 415 g/mol. The lowest BCUT2D eigenvalue weighted by molar-refractivity contribution is -0.160. The zero-order valence-electron chi connectivity index (χ0n) is 17.9. The van der Waals surface area contributed by atoms with Crippen LogP contribution in [0.3, 0.4) is 0 Å². The van der Waals surface area contributed by atoms with Gasteiger partial charge in [0.25, 0.3) is 11.8 Å². The molecule has 1 N–H and O–H groups in total. The lowest BCUT2D eigenvalue weighted by Gasteiger charge is -2.48. The zero-order chi connectivity index (χ0) is 22.1. The first-order valence-corrected chi connectivity index (χ1v) is 10.4. The van der Waals surface area contributed by atoms with E-state index in [1.807, 2.05) is 27.7 Å². The molecule has 1 fully saturated rings. The number of para-hydroxylation sites is 1. The molecule has 8 heteroatoms. The molecule has 30 heavy (non-hydrogen) atoms. The third kappa shape index (κ3) is 3.66. The molecule has 0 saturated carbocycles. The molecule has 3 rings (SSSR count). The van der Waals surface area contributed by atoms with Gasteiger partial charge in [0, 0.05) is 25.4 Å². The lowest BCUT2D eigenvalue weighted by atomic mass is 9.95. The molecule has 1 aromatic rings. The molecule has 0 aliphatic carbocycles. The third-order valence-corrected chi connectivity index (χ3v) is 5.60. The van der Waals surface area contributed by atoms with Crippen molar-refractivity contribution >= 4 is 29.4 Å². The predicted octanol–water partition coefficient (Wildman–Crippen LogP) is 2.08. The van der Waals surface area contributed by atoms with Crippen LogP contribution < -0.4 is 10.2 Å². The first-order valence-electron chi connectivity index (χ1n) is 10.4. The van der Waals surface area contributed by atoms with Crippen LogP contribution in [-0.2, 0) is 19.1 Å². The summed E-state index contributed by atoms with van der Waals surface area (Å²) in [5, 5.41) is 2.74. The molecule has 2 atom stereocenters. The summed E-state index contributed by atoms with van der Waals surface area (Å²) in [4.78, 5) is 54.5. The normalized spacial score (nSPS) is 21.4. The van der Waals surface area contributed by atoms with Crippen molar-refractivity contribution < 1.29 is 23.9 Å². The molecule has 1 aromatic carbocycles. The van der Waals surface area contributed by atoms with Gasteiger partial charge in [-0.1, -0.05) is 32.9 Å². The number of hydrogen-bond donors (Lipinski definition) is 1. The van der Waals surface area contributed by atoms with Crippen LogP contribution in [0, 0.1) is 5.92 Å². The Morgan fingerprint density at radius 1 is 1.20 bits per heavy atom. The van der Waals surface area contributed by atoms with E-state index in [2.05, 4.69) is 5.32 Å². The standard InChI is InChI=1S/C22H29N3O5/c1-5-15(4)23-18(26)13-30-21(29)22-11-10-19(27)25(22)17-9-7-6-8-16(17)20(28)24(22)12-14(2)3/h6-9,14-15H,5,10-13H2,1-4H3,(H,23,26)/t15-,22-/m0/s1. The maximum absolute atomic E-state index is 13.4. The molecular formula is C22H29N3O5. The van der Waals surface area contributed by atoms with Crippen molar-refractivity contribution in [2.24, 2.45) is 5.92 Å². The second-order valence-corrected chi connectivity index (χ2v) is 8.33. The summed E-state index contributed by atoms with van der Waals surface area (Å²) in [6.45, 7) is 7.49. The Morgan fingerprint density at radius 3 is 2.57 bits per heavy atom. The van der Waals surface area contributed by atoms with Crippen LogP contribution in [0.1, 0.15) is 57.3 Å². The van der Waals surface area contributed by atoms with Crippen LogP contribution >= 0.6 is 0 Å². The minimum Gasteiger partial charge on any atom is -0.452 e. The first kappa shape index (κ1) is 21.8. The Labute approximate surface area is 176 Å². The summed E-state index contributed by atoms with van der Waals surface area (Å²) in [5.41, 5.74) is -0.777. The van der Waals surface area contributed by atoms with Gasteiger partial charge in [-0.05, 0) is 31.4 Å². The smallest absolute Gasteiger partial charge is 0.354 e. The molecule has 0 unspecified atom stereocenters. The van der Waals surface area contributed by atoms with E-state index < -0.39 is 24.1 Å². The number of fused-ring (bicyclic) bond motifs is 3. The molecule has 0 spiro atoms. The second kappa shape index (κ2) is 8.45. The Kier molecular flexibility index (Phi) is 6.14. The molecule has 1 saturated heterocycles. The number of hydrogen-bond acceptors (Lipinski definition) is 5. The topological polar surface area (TPSA) is 96.0 Å². The number of nitrogens with one attached hydrogen (secondary N) is 1. The minimum atomic E-state index is -1.57. The van der Waals surface area contributed by atoms with Crippen molar-refractivity contribution in [3.05, 3.63) is 29.8 Å². The van der Waals surface area contributed by atoms with Crippen molar-refractivity contribution in [3.8, 4) is 0 Å². The van der Waals surface area contributed by atoms with Crippen LogP contribution in [0.5, 0.6) is 0 Å². The molecule has 2 heterocycles. The van der Waals surface area contributed by atoms with Crippen molar-refractivity contribution in [3.63, 3.8) is 0 Å². The van der Waals surface area contributed by atoms with Crippen molar-refractivity contribution in [1.29, 1.82) is 0 Å². The Balaban J connectivity index is 1.97. The quantitative estimate of drug-likeness (QED) is 0.688. The fourth-order valence-corrected chi connectivity index (χ4v) is 4.03. The van der Waals surface area contributed by atoms with Gasteiger partial charge in [-0.3, -0.25) is 19.3 Å². The highest BCUT2D eigenvalue weighted by molar-refractivity contribution is 6.15. The van der Waals surface area contributed by atoms with Gasteiger partial charge >= 0.3 is 5.97 Å². The van der Waals surface area contributed by atoms with Crippen LogP contribution in [-0.4, -0.2) is 53.4 Å².